The van der Waals surface area contributed by atoms with Crippen LogP contribution in [0, 0.1) is 12.3 Å². The molecule has 1 saturated carbocycles. The fourth-order valence-corrected chi connectivity index (χ4v) is 6.21. The smallest absolute Gasteiger partial charge is 0.243 e. The summed E-state index contributed by atoms with van der Waals surface area (Å²) in [5, 5.41) is 3.79. The molecule has 0 unspecified atom stereocenters. The second kappa shape index (κ2) is 9.47. The van der Waals surface area contributed by atoms with Crippen LogP contribution in [-0.4, -0.2) is 58.1 Å². The van der Waals surface area contributed by atoms with Crippen molar-refractivity contribution in [1.82, 2.24) is 14.8 Å². The minimum Gasteiger partial charge on any atom is -0.381 e. The van der Waals surface area contributed by atoms with Crippen molar-refractivity contribution >= 4 is 34.3 Å². The number of piperidine rings is 1. The van der Waals surface area contributed by atoms with Crippen LogP contribution in [0.4, 0.5) is 0 Å². The number of hydrogen-bond acceptors (Lipinski definition) is 5. The number of nitrogens with one attached hydrogen (secondary N) is 1. The van der Waals surface area contributed by atoms with Gasteiger partial charge in [0.2, 0.25) is 11.8 Å². The van der Waals surface area contributed by atoms with E-state index in [0.717, 1.165) is 41.3 Å². The Morgan fingerprint density at radius 3 is 2.75 bits per heavy atom. The molecule has 1 aliphatic carbocycles. The highest BCUT2D eigenvalue weighted by Crippen LogP contribution is 2.60. The molecule has 2 bridgehead atoms. The second-order valence-corrected chi connectivity index (χ2v) is 10.8. The molecule has 2 aliphatic heterocycles. The summed E-state index contributed by atoms with van der Waals surface area (Å²) in [7, 11) is 0. The Morgan fingerprint density at radius 2 is 2.00 bits per heavy atom. The first-order valence-electron chi connectivity index (χ1n) is 13.1. The molecule has 1 aromatic heterocycles. The Kier molecular flexibility index (Phi) is 6.49. The van der Waals surface area contributed by atoms with Crippen LogP contribution in [0.25, 0.3) is 10.9 Å². The SMILES string of the molecule is CCC(=O)[C@@H]1C[C@]23COCCCCC(=O)NCc4cc(C)cc5c(C(C)=O)cn(c45)CC(=O)N1[C@@H]2C3. The van der Waals surface area contributed by atoms with Gasteiger partial charge in [-0.1, -0.05) is 18.6 Å². The summed E-state index contributed by atoms with van der Waals surface area (Å²) in [5.41, 5.74) is 3.04. The van der Waals surface area contributed by atoms with E-state index in [2.05, 4.69) is 5.32 Å². The lowest BCUT2D eigenvalue weighted by Crippen LogP contribution is -2.44. The van der Waals surface area contributed by atoms with E-state index < -0.39 is 6.04 Å². The van der Waals surface area contributed by atoms with E-state index in [1.807, 2.05) is 35.4 Å². The predicted octanol–water partition coefficient (Wildman–Crippen LogP) is 3.31. The van der Waals surface area contributed by atoms with Crippen molar-refractivity contribution in [2.75, 3.05) is 13.2 Å². The van der Waals surface area contributed by atoms with Crippen LogP contribution in [0.1, 0.15) is 73.9 Å². The topological polar surface area (TPSA) is 97.7 Å². The Morgan fingerprint density at radius 1 is 1.19 bits per heavy atom. The fraction of sp³-hybridized carbons (Fsp3) is 0.571. The first-order chi connectivity index (χ1) is 17.2. The van der Waals surface area contributed by atoms with E-state index in [-0.39, 0.29) is 41.4 Å². The summed E-state index contributed by atoms with van der Waals surface area (Å²) in [4.78, 5) is 53.5. The maximum Gasteiger partial charge on any atom is 0.243 e. The molecule has 0 spiro atoms. The molecule has 36 heavy (non-hydrogen) atoms. The second-order valence-electron chi connectivity index (χ2n) is 10.8. The molecule has 8 nitrogen and oxygen atoms in total. The molecule has 2 aromatic rings. The molecule has 3 atom stereocenters. The molecule has 2 amide bonds. The molecule has 8 heteroatoms. The third-order valence-electron chi connectivity index (χ3n) is 8.11. The molecule has 5 rings (SSSR count). The minimum atomic E-state index is -0.418. The van der Waals surface area contributed by atoms with Crippen LogP contribution in [0.15, 0.2) is 18.3 Å². The van der Waals surface area contributed by atoms with Crippen molar-refractivity contribution in [2.45, 2.75) is 84.5 Å². The number of Topliss-reactive ketones (excluding diaryl/α,β-unsaturated/α-hetero) is 2. The number of aromatic nitrogens is 1. The van der Waals surface area contributed by atoms with Gasteiger partial charge in [0.05, 0.1) is 18.2 Å². The fourth-order valence-electron chi connectivity index (χ4n) is 6.21. The zero-order valence-electron chi connectivity index (χ0n) is 21.4. The number of rotatable bonds is 3. The van der Waals surface area contributed by atoms with Gasteiger partial charge in [-0.2, -0.15) is 0 Å². The quantitative estimate of drug-likeness (QED) is 0.662. The maximum atomic E-state index is 13.8. The maximum absolute atomic E-state index is 13.8. The van der Waals surface area contributed by atoms with Crippen molar-refractivity contribution in [1.29, 1.82) is 0 Å². The highest BCUT2D eigenvalue weighted by Gasteiger charge is 2.66. The van der Waals surface area contributed by atoms with E-state index in [4.69, 9.17) is 4.74 Å². The van der Waals surface area contributed by atoms with Crippen molar-refractivity contribution in [3.05, 3.63) is 35.0 Å². The highest BCUT2D eigenvalue weighted by molar-refractivity contribution is 6.08. The van der Waals surface area contributed by atoms with Gasteiger partial charge in [0.25, 0.3) is 0 Å². The lowest BCUT2D eigenvalue weighted by atomic mass is 9.97. The molecular formula is C28H35N3O5. The number of carbonyl (C=O) groups is 4. The standard InChI is InChI=1S/C28H35N3O5/c1-4-23(33)22-11-28-12-24(28)31(22)26(35)15-30-14-21(18(3)32)20-10-17(2)9-19(27(20)30)13-29-25(34)7-5-6-8-36-16-28/h9-10,14,22,24H,4-8,11-13,15-16H2,1-3H3,(H,29,34)/t22-,24+,28-/m0/s1. The number of nitrogens with zero attached hydrogens (tertiary/aromatic N) is 2. The normalized spacial score (nSPS) is 26.9. The average Bonchev–Trinajstić information content (AvgIpc) is 3.25. The molecule has 1 aromatic carbocycles. The van der Waals surface area contributed by atoms with Crippen LogP contribution in [0.5, 0.6) is 0 Å². The van der Waals surface area contributed by atoms with Gasteiger partial charge in [0.15, 0.2) is 11.6 Å². The van der Waals surface area contributed by atoms with Gasteiger partial charge in [0, 0.05) is 54.6 Å². The molecule has 1 N–H and O–H groups in total. The third-order valence-corrected chi connectivity index (χ3v) is 8.11. The molecule has 3 aliphatic rings. The molecular weight excluding hydrogens is 458 g/mol. The number of aryl methyl sites for hydroxylation is 1. The van der Waals surface area contributed by atoms with Crippen LogP contribution in [0.2, 0.25) is 0 Å². The van der Waals surface area contributed by atoms with E-state index in [1.165, 1.54) is 6.92 Å². The van der Waals surface area contributed by atoms with Crippen molar-refractivity contribution in [3.8, 4) is 0 Å². The summed E-state index contributed by atoms with van der Waals surface area (Å²) >= 11 is 0. The summed E-state index contributed by atoms with van der Waals surface area (Å²) in [6.45, 7) is 6.79. The van der Waals surface area contributed by atoms with Gasteiger partial charge in [-0.05, 0) is 51.2 Å². The number of ether oxygens (including phenoxy) is 1. The van der Waals surface area contributed by atoms with Crippen LogP contribution in [0.3, 0.4) is 0 Å². The van der Waals surface area contributed by atoms with Gasteiger partial charge in [-0.15, -0.1) is 0 Å². The average molecular weight is 494 g/mol. The Balaban J connectivity index is 1.57. The minimum absolute atomic E-state index is 0.0141. The Bertz CT molecular complexity index is 1250. The van der Waals surface area contributed by atoms with Gasteiger partial charge in [-0.25, -0.2) is 0 Å². The van der Waals surface area contributed by atoms with Gasteiger partial charge in [-0.3, -0.25) is 19.2 Å². The molecule has 2 fully saturated rings. The molecule has 192 valence electrons. The molecule has 0 radical (unpaired) electrons. The first-order valence-corrected chi connectivity index (χ1v) is 13.1. The van der Waals surface area contributed by atoms with Crippen LogP contribution in [-0.2, 0) is 32.2 Å². The predicted molar refractivity (Wildman–Crippen MR) is 135 cm³/mol. The van der Waals surface area contributed by atoms with Crippen molar-refractivity contribution in [3.63, 3.8) is 0 Å². The van der Waals surface area contributed by atoms with Gasteiger partial charge in [0.1, 0.15) is 6.54 Å². The molecule has 1 saturated heterocycles. The largest absolute Gasteiger partial charge is 0.381 e. The number of carbonyl (C=O) groups excluding carboxylic acids is 4. The molecule has 3 heterocycles. The number of ketones is 2. The van der Waals surface area contributed by atoms with Crippen molar-refractivity contribution in [2.24, 2.45) is 5.41 Å². The monoisotopic (exact) mass is 493 g/mol. The van der Waals surface area contributed by atoms with Crippen LogP contribution >= 0.6 is 0 Å². The van der Waals surface area contributed by atoms with E-state index in [0.29, 0.717) is 44.6 Å². The highest BCUT2D eigenvalue weighted by atomic mass is 16.5. The number of hydrogen-bond donors (Lipinski definition) is 1. The lowest BCUT2D eigenvalue weighted by molar-refractivity contribution is -0.139. The zero-order valence-corrected chi connectivity index (χ0v) is 21.4. The van der Waals surface area contributed by atoms with E-state index in [9.17, 15) is 19.2 Å². The van der Waals surface area contributed by atoms with E-state index >= 15 is 0 Å². The zero-order chi connectivity index (χ0) is 25.6. The first kappa shape index (κ1) is 24.7. The lowest BCUT2D eigenvalue weighted by Gasteiger charge is -2.27. The third kappa shape index (κ3) is 4.36. The summed E-state index contributed by atoms with van der Waals surface area (Å²) in [5.74, 6) is -0.127. The van der Waals surface area contributed by atoms with E-state index in [1.54, 1.807) is 6.20 Å². The van der Waals surface area contributed by atoms with Crippen molar-refractivity contribution < 1.29 is 23.9 Å². The number of benzene rings is 1. The summed E-state index contributed by atoms with van der Waals surface area (Å²) in [6, 6.07) is 3.56. The van der Waals surface area contributed by atoms with Crippen LogP contribution < -0.4 is 5.32 Å². The Labute approximate surface area is 211 Å². The van der Waals surface area contributed by atoms with Gasteiger partial charge < -0.3 is 19.5 Å². The summed E-state index contributed by atoms with van der Waals surface area (Å²) in [6.07, 6.45) is 5.58. The number of amides is 2. The summed E-state index contributed by atoms with van der Waals surface area (Å²) < 4.78 is 7.82. The van der Waals surface area contributed by atoms with Gasteiger partial charge >= 0.3 is 0 Å². The Hall–Kier alpha value is -3.00.